The zero-order chi connectivity index (χ0) is 34.0. The van der Waals surface area contributed by atoms with Gasteiger partial charge in [-0.1, -0.05) is 49.4 Å². The maximum absolute atomic E-state index is 13.5. The number of nitrogens with one attached hydrogen (secondary N) is 1. The van der Waals surface area contributed by atoms with Crippen LogP contribution in [0.2, 0.25) is 0 Å². The van der Waals surface area contributed by atoms with Gasteiger partial charge in [-0.2, -0.15) is 0 Å². The van der Waals surface area contributed by atoms with Crippen molar-refractivity contribution < 1.29 is 27.8 Å². The lowest BCUT2D eigenvalue weighted by molar-refractivity contribution is -0.0914. The molecule has 1 aromatic carbocycles. The summed E-state index contributed by atoms with van der Waals surface area (Å²) in [5.41, 5.74) is 1.43. The van der Waals surface area contributed by atoms with Gasteiger partial charge in [0.2, 0.25) is 10.0 Å². The van der Waals surface area contributed by atoms with Crippen LogP contribution in [0.5, 0.6) is 5.75 Å². The van der Waals surface area contributed by atoms with Gasteiger partial charge in [0.25, 0.3) is 5.91 Å². The van der Waals surface area contributed by atoms with Crippen molar-refractivity contribution in [2.45, 2.75) is 70.1 Å². The standard InChI is InChI=1S/C37H49ClN2O6S/c1-6-18-45-24-37(42)17-8-10-25(3)27(5)47(43,44)39-35(41)29-13-15-34-33(20-29)40(21-30-12-14-32(30)37)22-36(23-46-34)16-9-11-28(26(36)4)19-31(38)7-2/h6-8,13,15,17,19-20,25,27,30,32,42H,1,4,9-12,14,16,18,21-24H2,2-3,5H3,(H,39,41)/b17-8+,28-19-,31-7+/t25-,27+,30-,32+,36-,37+/m0/s1. The summed E-state index contributed by atoms with van der Waals surface area (Å²) in [5.74, 6) is -0.303. The number of amides is 1. The molecular weight excluding hydrogens is 636 g/mol. The van der Waals surface area contributed by atoms with Gasteiger partial charge in [0, 0.05) is 29.1 Å². The summed E-state index contributed by atoms with van der Waals surface area (Å²) in [5, 5.41) is 12.0. The number of carbonyl (C=O) groups is 1. The second-order valence-electron chi connectivity index (χ2n) is 13.8. The SMILES string of the molecule is C=CCOC[C@]1(O)/C=C/C[C@H](C)[C@@H](C)S(=O)(=O)NC(=O)c2ccc3c(c2)N(C[C@@H]2CC[C@H]21)C[C@@]1(CCC/C(=C/C(Cl)=C\C)C1=C)CO3. The molecule has 2 N–H and O–H groups in total. The maximum atomic E-state index is 13.5. The van der Waals surface area contributed by atoms with Gasteiger partial charge < -0.3 is 19.5 Å². The zero-order valence-electron chi connectivity index (χ0n) is 27.8. The first-order valence-corrected chi connectivity index (χ1v) is 18.6. The molecule has 0 radical (unpaired) electrons. The number of rotatable bonds is 5. The van der Waals surface area contributed by atoms with Crippen LogP contribution in [0.25, 0.3) is 0 Å². The molecule has 4 aliphatic rings. The van der Waals surface area contributed by atoms with E-state index < -0.39 is 32.2 Å². The van der Waals surface area contributed by atoms with E-state index in [1.54, 1.807) is 37.3 Å². The molecule has 2 heterocycles. The van der Waals surface area contributed by atoms with Gasteiger partial charge in [-0.25, -0.2) is 13.1 Å². The van der Waals surface area contributed by atoms with Crippen LogP contribution in [0.4, 0.5) is 5.69 Å². The van der Waals surface area contributed by atoms with E-state index in [1.807, 2.05) is 32.1 Å². The number of halogens is 1. The van der Waals surface area contributed by atoms with Crippen molar-refractivity contribution in [2.24, 2.45) is 23.2 Å². The molecular formula is C37H49ClN2O6S. The Morgan fingerprint density at radius 1 is 1.30 bits per heavy atom. The molecule has 2 saturated carbocycles. The molecule has 47 heavy (non-hydrogen) atoms. The number of anilines is 1. The highest BCUT2D eigenvalue weighted by Gasteiger charge is 2.48. The molecule has 5 rings (SSSR count). The third-order valence-corrected chi connectivity index (χ3v) is 13.0. The minimum atomic E-state index is -3.99. The van der Waals surface area contributed by atoms with Gasteiger partial charge in [-0.3, -0.25) is 4.79 Å². The van der Waals surface area contributed by atoms with E-state index in [0.717, 1.165) is 48.9 Å². The highest BCUT2D eigenvalue weighted by atomic mass is 35.5. The number of ether oxygens (including phenoxy) is 2. The molecule has 6 atom stereocenters. The molecule has 1 amide bonds. The Labute approximate surface area is 285 Å². The van der Waals surface area contributed by atoms with Crippen LogP contribution in [-0.4, -0.2) is 63.2 Å². The Balaban J connectivity index is 1.59. The van der Waals surface area contributed by atoms with E-state index in [-0.39, 0.29) is 29.9 Å². The molecule has 2 aliphatic heterocycles. The van der Waals surface area contributed by atoms with Gasteiger partial charge >= 0.3 is 0 Å². The summed E-state index contributed by atoms with van der Waals surface area (Å²) in [6.45, 7) is 15.7. The molecule has 256 valence electrons. The maximum Gasteiger partial charge on any atom is 0.264 e. The normalized spacial score (nSPS) is 34.4. The molecule has 1 spiro atoms. The Morgan fingerprint density at radius 3 is 2.79 bits per heavy atom. The van der Waals surface area contributed by atoms with Crippen LogP contribution in [0.15, 0.2) is 77.9 Å². The summed E-state index contributed by atoms with van der Waals surface area (Å²) in [4.78, 5) is 15.7. The van der Waals surface area contributed by atoms with Crippen molar-refractivity contribution in [3.63, 3.8) is 0 Å². The minimum absolute atomic E-state index is 0.0819. The lowest BCUT2D eigenvalue weighted by Crippen LogP contribution is -2.53. The fourth-order valence-electron chi connectivity index (χ4n) is 7.48. The summed E-state index contributed by atoms with van der Waals surface area (Å²) >= 11 is 6.45. The summed E-state index contributed by atoms with van der Waals surface area (Å²) < 4.78 is 41.4. The van der Waals surface area contributed by atoms with E-state index in [2.05, 4.69) is 22.8 Å². The second-order valence-corrected chi connectivity index (χ2v) is 16.3. The number of sulfonamides is 1. The van der Waals surface area contributed by atoms with Gasteiger partial charge in [0.05, 0.1) is 30.8 Å². The first-order valence-electron chi connectivity index (χ1n) is 16.7. The lowest BCUT2D eigenvalue weighted by atomic mass is 9.64. The summed E-state index contributed by atoms with van der Waals surface area (Å²) in [6.07, 6.45) is 14.1. The molecule has 10 heteroatoms. The van der Waals surface area contributed by atoms with Crippen LogP contribution >= 0.6 is 11.6 Å². The predicted octanol–water partition coefficient (Wildman–Crippen LogP) is 6.68. The Bertz CT molecular complexity index is 1580. The van der Waals surface area contributed by atoms with E-state index in [9.17, 15) is 18.3 Å². The number of allylic oxidation sites excluding steroid dienone is 5. The zero-order valence-corrected chi connectivity index (χ0v) is 29.4. The fourth-order valence-corrected chi connectivity index (χ4v) is 8.90. The molecule has 2 fully saturated rings. The van der Waals surface area contributed by atoms with Gasteiger partial charge in [0.15, 0.2) is 0 Å². The van der Waals surface area contributed by atoms with Crippen molar-refractivity contribution in [1.29, 1.82) is 0 Å². The van der Waals surface area contributed by atoms with Crippen molar-refractivity contribution in [1.82, 2.24) is 4.72 Å². The monoisotopic (exact) mass is 684 g/mol. The minimum Gasteiger partial charge on any atom is -0.490 e. The average molecular weight is 685 g/mol. The smallest absolute Gasteiger partial charge is 0.264 e. The molecule has 2 bridgehead atoms. The van der Waals surface area contributed by atoms with Crippen LogP contribution in [-0.2, 0) is 14.8 Å². The first-order chi connectivity index (χ1) is 22.3. The van der Waals surface area contributed by atoms with Crippen LogP contribution in [0.1, 0.15) is 69.7 Å². The predicted molar refractivity (Wildman–Crippen MR) is 188 cm³/mol. The Morgan fingerprint density at radius 2 is 2.09 bits per heavy atom. The van der Waals surface area contributed by atoms with Crippen LogP contribution in [0, 0.1) is 23.2 Å². The van der Waals surface area contributed by atoms with Crippen molar-refractivity contribution in [2.75, 3.05) is 37.8 Å². The van der Waals surface area contributed by atoms with E-state index in [4.69, 9.17) is 21.1 Å². The quantitative estimate of drug-likeness (QED) is 0.263. The highest BCUT2D eigenvalue weighted by Crippen LogP contribution is 2.50. The summed E-state index contributed by atoms with van der Waals surface area (Å²) in [7, 11) is -3.99. The number of hydrogen-bond acceptors (Lipinski definition) is 7. The topological polar surface area (TPSA) is 105 Å². The molecule has 8 nitrogen and oxygen atoms in total. The first kappa shape index (κ1) is 35.5. The molecule has 1 aromatic rings. The van der Waals surface area contributed by atoms with E-state index in [1.165, 1.54) is 0 Å². The van der Waals surface area contributed by atoms with Crippen molar-refractivity contribution in [3.8, 4) is 5.75 Å². The number of fused-ring (bicyclic) bond motifs is 2. The molecule has 0 saturated heterocycles. The van der Waals surface area contributed by atoms with Crippen LogP contribution < -0.4 is 14.4 Å². The molecule has 2 aliphatic carbocycles. The highest BCUT2D eigenvalue weighted by molar-refractivity contribution is 7.90. The largest absolute Gasteiger partial charge is 0.490 e. The van der Waals surface area contributed by atoms with Gasteiger partial charge in [0.1, 0.15) is 11.4 Å². The van der Waals surface area contributed by atoms with Crippen molar-refractivity contribution in [3.05, 3.63) is 83.5 Å². The second kappa shape index (κ2) is 14.3. The van der Waals surface area contributed by atoms with Crippen LogP contribution in [0.3, 0.4) is 0 Å². The molecule has 0 unspecified atom stereocenters. The summed E-state index contributed by atoms with van der Waals surface area (Å²) in [6, 6.07) is 5.12. The van der Waals surface area contributed by atoms with E-state index >= 15 is 0 Å². The average Bonchev–Trinajstić information content (AvgIpc) is 3.17. The van der Waals surface area contributed by atoms with Crippen molar-refractivity contribution >= 4 is 33.2 Å². The third kappa shape index (κ3) is 7.43. The number of aliphatic hydroxyl groups is 1. The van der Waals surface area contributed by atoms with Gasteiger partial charge in [-0.15, -0.1) is 6.58 Å². The lowest BCUT2D eigenvalue weighted by Gasteiger charge is -2.49. The number of nitrogens with zero attached hydrogens (tertiary/aromatic N) is 1. The number of benzene rings is 1. The number of hydrogen-bond donors (Lipinski definition) is 2. The fraction of sp³-hybridized carbons (Fsp3) is 0.541. The van der Waals surface area contributed by atoms with Gasteiger partial charge in [-0.05, 0) is 106 Å². The Hall–Kier alpha value is -2.85. The third-order valence-electron chi connectivity index (χ3n) is 10.8. The number of carbonyl (C=O) groups excluding carboxylic acids is 1. The Kier molecular flexibility index (Phi) is 10.8. The molecule has 0 aromatic heterocycles. The van der Waals surface area contributed by atoms with E-state index in [0.29, 0.717) is 43.5 Å².